The lowest BCUT2D eigenvalue weighted by Gasteiger charge is -2.37. The summed E-state index contributed by atoms with van der Waals surface area (Å²) in [5.41, 5.74) is 3.96. The van der Waals surface area contributed by atoms with E-state index in [1.165, 1.54) is 12.1 Å². The van der Waals surface area contributed by atoms with Gasteiger partial charge in [-0.15, -0.1) is 0 Å². The molecule has 0 aromatic heterocycles. The lowest BCUT2D eigenvalue weighted by Crippen LogP contribution is -2.41. The Bertz CT molecular complexity index is 1510. The van der Waals surface area contributed by atoms with Crippen LogP contribution in [-0.2, 0) is 16.1 Å². The molecule has 2 aliphatic rings. The fraction of sp³-hybridized carbons (Fsp3) is 0.290. The minimum Gasteiger partial charge on any atom is -0.497 e. The Morgan fingerprint density at radius 1 is 1.10 bits per heavy atom. The number of ether oxygens (including phenoxy) is 1. The topological polar surface area (TPSA) is 114 Å². The molecule has 0 saturated heterocycles. The van der Waals surface area contributed by atoms with Gasteiger partial charge in [0, 0.05) is 36.4 Å². The molecule has 2 N–H and O–H groups in total. The Balaban J connectivity index is 1.58. The Kier molecular flexibility index (Phi) is 7.30. The van der Waals surface area contributed by atoms with E-state index in [0.29, 0.717) is 36.3 Å². The minimum absolute atomic E-state index is 0.0372. The van der Waals surface area contributed by atoms with Crippen LogP contribution in [0.25, 0.3) is 0 Å². The third kappa shape index (κ3) is 5.54. The van der Waals surface area contributed by atoms with E-state index in [1.807, 2.05) is 53.4 Å². The number of hydrogen-bond acceptors (Lipinski definition) is 7. The normalized spacial score (nSPS) is 17.7. The number of amides is 1. The number of Topliss-reactive ketones (excluding diaryl/α,β-unsaturated/α-hetero) is 1. The summed E-state index contributed by atoms with van der Waals surface area (Å²) in [5, 5.41) is 18.2. The van der Waals surface area contributed by atoms with Gasteiger partial charge in [0.1, 0.15) is 5.75 Å². The van der Waals surface area contributed by atoms with E-state index in [0.717, 1.165) is 22.6 Å². The SMILES string of the molecule is COc1cccc(CNC(=O)CN2c3ccccc3NC3=C(C(=O)CC(C)(C)C3)C2c2cccc([N+](=O)[O-])c2)c1. The smallest absolute Gasteiger partial charge is 0.269 e. The van der Waals surface area contributed by atoms with Gasteiger partial charge in [0.2, 0.25) is 5.91 Å². The number of hydrogen-bond donors (Lipinski definition) is 2. The second kappa shape index (κ2) is 10.8. The molecule has 1 aliphatic heterocycles. The molecule has 9 nitrogen and oxygen atoms in total. The highest BCUT2D eigenvalue weighted by atomic mass is 16.6. The van der Waals surface area contributed by atoms with Crippen LogP contribution in [0.5, 0.6) is 5.75 Å². The van der Waals surface area contributed by atoms with E-state index in [2.05, 4.69) is 24.5 Å². The van der Waals surface area contributed by atoms with Crippen LogP contribution >= 0.6 is 0 Å². The van der Waals surface area contributed by atoms with Crippen molar-refractivity contribution in [3.8, 4) is 5.75 Å². The summed E-state index contributed by atoms with van der Waals surface area (Å²) in [5.74, 6) is 0.411. The predicted octanol–water partition coefficient (Wildman–Crippen LogP) is 5.54. The van der Waals surface area contributed by atoms with E-state index in [-0.39, 0.29) is 29.3 Å². The van der Waals surface area contributed by atoms with E-state index in [1.54, 1.807) is 19.2 Å². The van der Waals surface area contributed by atoms with Crippen molar-refractivity contribution in [3.63, 3.8) is 0 Å². The van der Waals surface area contributed by atoms with Crippen LogP contribution in [-0.4, -0.2) is 30.3 Å². The van der Waals surface area contributed by atoms with Gasteiger partial charge in [-0.1, -0.05) is 50.2 Å². The van der Waals surface area contributed by atoms with Crippen LogP contribution in [0.3, 0.4) is 0 Å². The molecule has 3 aromatic rings. The summed E-state index contributed by atoms with van der Waals surface area (Å²) in [4.78, 5) is 40.3. The highest BCUT2D eigenvalue weighted by molar-refractivity contribution is 6.02. The van der Waals surface area contributed by atoms with Crippen molar-refractivity contribution in [2.24, 2.45) is 5.41 Å². The number of para-hydroxylation sites is 2. The van der Waals surface area contributed by atoms with Gasteiger partial charge in [0.05, 0.1) is 36.0 Å². The number of carbonyl (C=O) groups excluding carboxylic acids is 2. The minimum atomic E-state index is -0.697. The molecule has 1 amide bonds. The van der Waals surface area contributed by atoms with Crippen LogP contribution in [0.1, 0.15) is 43.9 Å². The molecular formula is C31H32N4O5. The van der Waals surface area contributed by atoms with Gasteiger partial charge in [-0.3, -0.25) is 19.7 Å². The Morgan fingerprint density at radius 3 is 2.65 bits per heavy atom. The van der Waals surface area contributed by atoms with E-state index in [9.17, 15) is 19.7 Å². The molecule has 1 heterocycles. The number of non-ortho nitro benzene ring substituents is 1. The largest absolute Gasteiger partial charge is 0.497 e. The summed E-state index contributed by atoms with van der Waals surface area (Å²) in [6.45, 7) is 4.34. The van der Waals surface area contributed by atoms with Crippen LogP contribution in [0.4, 0.5) is 17.1 Å². The number of nitro benzene ring substituents is 1. The number of nitrogens with zero attached hydrogens (tertiary/aromatic N) is 2. The molecular weight excluding hydrogens is 508 g/mol. The summed E-state index contributed by atoms with van der Waals surface area (Å²) in [7, 11) is 1.59. The van der Waals surface area contributed by atoms with Crippen molar-refractivity contribution >= 4 is 28.8 Å². The highest BCUT2D eigenvalue weighted by Crippen LogP contribution is 2.48. The monoisotopic (exact) mass is 540 g/mol. The van der Waals surface area contributed by atoms with E-state index in [4.69, 9.17) is 4.74 Å². The third-order valence-corrected chi connectivity index (χ3v) is 7.34. The average molecular weight is 541 g/mol. The number of nitro groups is 1. The van der Waals surface area contributed by atoms with Crippen molar-refractivity contribution < 1.29 is 19.2 Å². The van der Waals surface area contributed by atoms with Crippen LogP contribution < -0.4 is 20.3 Å². The molecule has 0 spiro atoms. The van der Waals surface area contributed by atoms with Gasteiger partial charge in [0.15, 0.2) is 5.78 Å². The summed E-state index contributed by atoms with van der Waals surface area (Å²) in [6.07, 6.45) is 0.967. The van der Waals surface area contributed by atoms with Gasteiger partial charge in [-0.05, 0) is 47.2 Å². The number of benzene rings is 3. The van der Waals surface area contributed by atoms with Crippen molar-refractivity contribution in [1.82, 2.24) is 5.32 Å². The summed E-state index contributed by atoms with van der Waals surface area (Å²) < 4.78 is 5.29. The molecule has 0 radical (unpaired) electrons. The maximum Gasteiger partial charge on any atom is 0.269 e. The Morgan fingerprint density at radius 2 is 1.88 bits per heavy atom. The van der Waals surface area contributed by atoms with Crippen LogP contribution in [0.15, 0.2) is 84.1 Å². The van der Waals surface area contributed by atoms with E-state index < -0.39 is 11.0 Å². The third-order valence-electron chi connectivity index (χ3n) is 7.34. The van der Waals surface area contributed by atoms with E-state index >= 15 is 0 Å². The predicted molar refractivity (Wildman–Crippen MR) is 153 cm³/mol. The zero-order chi connectivity index (χ0) is 28.4. The molecule has 1 aliphatic carbocycles. The number of carbonyl (C=O) groups is 2. The zero-order valence-corrected chi connectivity index (χ0v) is 22.8. The molecule has 40 heavy (non-hydrogen) atoms. The first-order valence-electron chi connectivity index (χ1n) is 13.2. The fourth-order valence-electron chi connectivity index (χ4n) is 5.58. The quantitative estimate of drug-likeness (QED) is 0.299. The second-order valence-electron chi connectivity index (χ2n) is 11.0. The molecule has 0 bridgehead atoms. The molecule has 1 unspecified atom stereocenters. The molecule has 206 valence electrons. The number of ketones is 1. The van der Waals surface area contributed by atoms with Gasteiger partial charge in [0.25, 0.3) is 5.69 Å². The maximum atomic E-state index is 13.8. The molecule has 3 aromatic carbocycles. The van der Waals surface area contributed by atoms with Crippen molar-refractivity contribution in [3.05, 3.63) is 105 Å². The number of nitrogens with one attached hydrogen (secondary N) is 2. The van der Waals surface area contributed by atoms with Crippen molar-refractivity contribution in [2.45, 2.75) is 39.3 Å². The fourth-order valence-corrected chi connectivity index (χ4v) is 5.58. The van der Waals surface area contributed by atoms with Gasteiger partial charge >= 0.3 is 0 Å². The van der Waals surface area contributed by atoms with Gasteiger partial charge in [-0.2, -0.15) is 0 Å². The lowest BCUT2D eigenvalue weighted by atomic mass is 9.73. The lowest BCUT2D eigenvalue weighted by molar-refractivity contribution is -0.384. The standard InChI is InChI=1S/C31H32N4O5/c1-31(2)16-25-29(27(36)17-31)30(21-9-7-10-22(15-21)35(38)39)34(26-13-5-4-12-24(26)33-25)19-28(37)32-18-20-8-6-11-23(14-20)40-3/h4-15,30,33H,16-19H2,1-3H3,(H,32,37). The molecule has 0 fully saturated rings. The molecule has 5 rings (SSSR count). The Labute approximate surface area is 233 Å². The molecule has 0 saturated carbocycles. The van der Waals surface area contributed by atoms with Crippen LogP contribution in [0.2, 0.25) is 0 Å². The number of anilines is 2. The Hall–Kier alpha value is -4.66. The van der Waals surface area contributed by atoms with Crippen molar-refractivity contribution in [2.75, 3.05) is 23.9 Å². The van der Waals surface area contributed by atoms with Gasteiger partial charge < -0.3 is 20.3 Å². The first-order chi connectivity index (χ1) is 19.1. The van der Waals surface area contributed by atoms with Gasteiger partial charge in [-0.25, -0.2) is 0 Å². The number of allylic oxidation sites excluding steroid dienone is 1. The summed E-state index contributed by atoms with van der Waals surface area (Å²) >= 11 is 0. The highest BCUT2D eigenvalue weighted by Gasteiger charge is 2.42. The van der Waals surface area contributed by atoms with Crippen molar-refractivity contribution in [1.29, 1.82) is 0 Å². The first kappa shape index (κ1) is 26.9. The zero-order valence-electron chi connectivity index (χ0n) is 22.8. The average Bonchev–Trinajstić information content (AvgIpc) is 3.06. The van der Waals surface area contributed by atoms with Crippen LogP contribution in [0, 0.1) is 15.5 Å². The molecule has 9 heteroatoms. The second-order valence-corrected chi connectivity index (χ2v) is 11.0. The maximum absolute atomic E-state index is 13.8. The number of fused-ring (bicyclic) bond motifs is 1. The first-order valence-corrected chi connectivity index (χ1v) is 13.2. The number of methoxy groups -OCH3 is 1. The summed E-state index contributed by atoms with van der Waals surface area (Å²) in [6, 6.07) is 20.7. The number of rotatable bonds is 7. The molecule has 1 atom stereocenters.